The molecule has 0 bridgehead atoms. The molecular formula is C9H6KNO. The van der Waals surface area contributed by atoms with Crippen molar-refractivity contribution in [2.45, 2.75) is 0 Å². The summed E-state index contributed by atoms with van der Waals surface area (Å²) >= 11 is 0. The molecule has 0 radical (unpaired) electrons. The van der Waals surface area contributed by atoms with Crippen molar-refractivity contribution in [2.75, 3.05) is 0 Å². The van der Waals surface area contributed by atoms with Gasteiger partial charge in [-0.25, -0.2) is 0 Å². The SMILES string of the molecule is [K+].[O-]c1cccc2cccnc12. The number of pyridine rings is 1. The number of rotatable bonds is 0. The normalized spacial score (nSPS) is 9.33. The third-order valence-electron chi connectivity index (χ3n) is 1.60. The number of nitrogens with zero attached hydrogens (tertiary/aromatic N) is 1. The molecule has 2 nitrogen and oxygen atoms in total. The van der Waals surface area contributed by atoms with Gasteiger partial charge < -0.3 is 5.11 Å². The molecule has 0 amide bonds. The van der Waals surface area contributed by atoms with E-state index in [1.807, 2.05) is 18.2 Å². The Morgan fingerprint density at radius 2 is 1.83 bits per heavy atom. The zero-order valence-electron chi connectivity index (χ0n) is 6.82. The molecule has 0 saturated heterocycles. The second-order valence-electron chi connectivity index (χ2n) is 2.33. The van der Waals surface area contributed by atoms with Gasteiger partial charge in [-0.1, -0.05) is 30.0 Å². The van der Waals surface area contributed by atoms with Crippen LogP contribution >= 0.6 is 0 Å². The third kappa shape index (κ3) is 1.86. The number of hydrogen-bond donors (Lipinski definition) is 0. The topological polar surface area (TPSA) is 36.0 Å². The first-order chi connectivity index (χ1) is 5.38. The van der Waals surface area contributed by atoms with Crippen molar-refractivity contribution in [1.82, 2.24) is 4.98 Å². The second-order valence-corrected chi connectivity index (χ2v) is 2.33. The Labute approximate surface area is 113 Å². The van der Waals surface area contributed by atoms with E-state index in [1.165, 1.54) is 6.07 Å². The molecule has 1 heterocycles. The minimum absolute atomic E-state index is 0. The van der Waals surface area contributed by atoms with Gasteiger partial charge in [-0.3, -0.25) is 4.98 Å². The maximum Gasteiger partial charge on any atom is 1.00 e. The molecule has 1 aromatic carbocycles. The van der Waals surface area contributed by atoms with E-state index >= 15 is 0 Å². The molecule has 0 aliphatic carbocycles. The van der Waals surface area contributed by atoms with E-state index in [2.05, 4.69) is 4.98 Å². The van der Waals surface area contributed by atoms with Crippen LogP contribution in [0.25, 0.3) is 10.9 Å². The molecule has 0 spiro atoms. The number of benzene rings is 1. The summed E-state index contributed by atoms with van der Waals surface area (Å²) in [5, 5.41) is 12.0. The average Bonchev–Trinajstić information content (AvgIpc) is 2.06. The van der Waals surface area contributed by atoms with Gasteiger partial charge in [-0.2, -0.15) is 0 Å². The summed E-state index contributed by atoms with van der Waals surface area (Å²) in [5.74, 6) is -0.0110. The van der Waals surface area contributed by atoms with Crippen LogP contribution in [0.3, 0.4) is 0 Å². The number of hydrogen-bond acceptors (Lipinski definition) is 2. The quantitative estimate of drug-likeness (QED) is 0.457. The molecule has 0 atom stereocenters. The van der Waals surface area contributed by atoms with Gasteiger partial charge in [-0.05, 0) is 11.5 Å². The Hall–Kier alpha value is 0.0664. The third-order valence-corrected chi connectivity index (χ3v) is 1.60. The Morgan fingerprint density at radius 3 is 2.58 bits per heavy atom. The molecule has 0 aliphatic rings. The van der Waals surface area contributed by atoms with E-state index in [0.29, 0.717) is 5.52 Å². The fraction of sp³-hybridized carbons (Fsp3) is 0. The summed E-state index contributed by atoms with van der Waals surface area (Å²) in [7, 11) is 0. The second kappa shape index (κ2) is 4.34. The van der Waals surface area contributed by atoms with E-state index in [-0.39, 0.29) is 57.1 Å². The van der Waals surface area contributed by atoms with E-state index in [4.69, 9.17) is 0 Å². The van der Waals surface area contributed by atoms with Crippen LogP contribution in [0, 0.1) is 0 Å². The summed E-state index contributed by atoms with van der Waals surface area (Å²) in [6.45, 7) is 0. The molecule has 54 valence electrons. The molecule has 0 aliphatic heterocycles. The molecule has 2 rings (SSSR count). The van der Waals surface area contributed by atoms with Crippen molar-refractivity contribution in [3.05, 3.63) is 36.5 Å². The average molecular weight is 183 g/mol. The predicted molar refractivity (Wildman–Crippen MR) is 41.2 cm³/mol. The van der Waals surface area contributed by atoms with Crippen molar-refractivity contribution in [1.29, 1.82) is 0 Å². The van der Waals surface area contributed by atoms with Crippen LogP contribution in [0.1, 0.15) is 0 Å². The van der Waals surface area contributed by atoms with Gasteiger partial charge in [0.2, 0.25) is 0 Å². The zero-order chi connectivity index (χ0) is 7.68. The van der Waals surface area contributed by atoms with Crippen LogP contribution in [0.5, 0.6) is 5.75 Å². The fourth-order valence-corrected chi connectivity index (χ4v) is 1.08. The van der Waals surface area contributed by atoms with Crippen molar-refractivity contribution < 1.29 is 56.5 Å². The molecule has 2 aromatic rings. The van der Waals surface area contributed by atoms with E-state index in [1.54, 1.807) is 12.3 Å². The molecular weight excluding hydrogens is 177 g/mol. The fourth-order valence-electron chi connectivity index (χ4n) is 1.08. The monoisotopic (exact) mass is 183 g/mol. The molecule has 12 heavy (non-hydrogen) atoms. The van der Waals surface area contributed by atoms with Crippen LogP contribution < -0.4 is 56.5 Å². The first kappa shape index (κ1) is 10.1. The Bertz CT molecular complexity index is 384. The zero-order valence-corrected chi connectivity index (χ0v) is 9.94. The molecule has 0 unspecified atom stereocenters. The van der Waals surface area contributed by atoms with Crippen molar-refractivity contribution >= 4 is 10.9 Å². The van der Waals surface area contributed by atoms with Crippen LogP contribution in [-0.4, -0.2) is 4.98 Å². The van der Waals surface area contributed by atoms with Crippen LogP contribution in [0.2, 0.25) is 0 Å². The van der Waals surface area contributed by atoms with Gasteiger partial charge in [0, 0.05) is 6.20 Å². The van der Waals surface area contributed by atoms with Crippen LogP contribution in [0.4, 0.5) is 0 Å². The maximum atomic E-state index is 11.1. The first-order valence-corrected chi connectivity index (χ1v) is 3.39. The van der Waals surface area contributed by atoms with E-state index in [9.17, 15) is 5.11 Å². The number of aromatic nitrogens is 1. The number of para-hydroxylation sites is 1. The van der Waals surface area contributed by atoms with Crippen LogP contribution in [-0.2, 0) is 0 Å². The van der Waals surface area contributed by atoms with Gasteiger partial charge in [0.15, 0.2) is 0 Å². The Morgan fingerprint density at radius 1 is 1.08 bits per heavy atom. The predicted octanol–water partition coefficient (Wildman–Crippen LogP) is -1.69. The van der Waals surface area contributed by atoms with Crippen LogP contribution in [0.15, 0.2) is 36.5 Å². The summed E-state index contributed by atoms with van der Waals surface area (Å²) in [6, 6.07) is 8.84. The minimum Gasteiger partial charge on any atom is -0.871 e. The minimum atomic E-state index is -0.0110. The molecule has 0 N–H and O–H groups in total. The molecule has 3 heteroatoms. The maximum absolute atomic E-state index is 11.1. The van der Waals surface area contributed by atoms with Gasteiger partial charge >= 0.3 is 51.4 Å². The smallest absolute Gasteiger partial charge is 0.871 e. The molecule has 0 fully saturated rings. The number of fused-ring (bicyclic) bond motifs is 1. The summed E-state index contributed by atoms with van der Waals surface area (Å²) in [4.78, 5) is 3.97. The molecule has 0 saturated carbocycles. The van der Waals surface area contributed by atoms with Gasteiger partial charge in [0.25, 0.3) is 0 Å². The van der Waals surface area contributed by atoms with Gasteiger partial charge in [0.1, 0.15) is 0 Å². The Kier molecular flexibility index (Phi) is 3.67. The van der Waals surface area contributed by atoms with Crippen molar-refractivity contribution in [3.8, 4) is 5.75 Å². The molecule has 1 aromatic heterocycles. The Balaban J connectivity index is 0.000000720. The summed E-state index contributed by atoms with van der Waals surface area (Å²) in [6.07, 6.45) is 1.63. The summed E-state index contributed by atoms with van der Waals surface area (Å²) < 4.78 is 0. The van der Waals surface area contributed by atoms with E-state index in [0.717, 1.165) is 5.39 Å². The summed E-state index contributed by atoms with van der Waals surface area (Å²) in [5.41, 5.74) is 0.551. The van der Waals surface area contributed by atoms with Crippen molar-refractivity contribution in [3.63, 3.8) is 0 Å². The van der Waals surface area contributed by atoms with Gasteiger partial charge in [0.05, 0.1) is 5.52 Å². The first-order valence-electron chi connectivity index (χ1n) is 3.39. The van der Waals surface area contributed by atoms with Crippen molar-refractivity contribution in [2.24, 2.45) is 0 Å². The standard InChI is InChI=1S/C9H7NO.K/c11-8-5-1-3-7-4-2-6-10-9(7)8;/h1-6,11H;/q;+1/p-1. The van der Waals surface area contributed by atoms with E-state index < -0.39 is 0 Å². The largest absolute Gasteiger partial charge is 1.00 e. The van der Waals surface area contributed by atoms with Gasteiger partial charge in [-0.15, -0.1) is 0 Å².